The molecule has 1 saturated carbocycles. The van der Waals surface area contributed by atoms with Crippen molar-refractivity contribution in [2.45, 2.75) is 37.9 Å². The molecule has 0 aromatic rings. The maximum atomic E-state index is 11.4. The third-order valence-corrected chi connectivity index (χ3v) is 3.50. The van der Waals surface area contributed by atoms with Crippen LogP contribution in [0.1, 0.15) is 32.6 Å². The molecular weight excluding hydrogens is 204 g/mol. The SMILES string of the molecule is CCOC(=S)SC1CCCCC1=O. The smallest absolute Gasteiger partial charge is 0.220 e. The first-order valence-electron chi connectivity index (χ1n) is 4.60. The first kappa shape index (κ1) is 11.0. The fourth-order valence-corrected chi connectivity index (χ4v) is 2.76. The molecule has 1 fully saturated rings. The monoisotopic (exact) mass is 218 g/mol. The lowest BCUT2D eigenvalue weighted by Gasteiger charge is -2.19. The summed E-state index contributed by atoms with van der Waals surface area (Å²) in [6.07, 6.45) is 3.85. The number of thiocarbonyl (C=S) groups is 1. The molecule has 0 N–H and O–H groups in total. The summed E-state index contributed by atoms with van der Waals surface area (Å²) in [6, 6.07) is 0. The second kappa shape index (κ2) is 5.60. The fourth-order valence-electron chi connectivity index (χ4n) is 1.34. The number of carbonyl (C=O) groups excluding carboxylic acids is 1. The lowest BCUT2D eigenvalue weighted by Crippen LogP contribution is -2.23. The van der Waals surface area contributed by atoms with Crippen LogP contribution in [0.15, 0.2) is 0 Å². The van der Waals surface area contributed by atoms with Crippen molar-refractivity contribution in [2.24, 2.45) is 0 Å². The highest BCUT2D eigenvalue weighted by molar-refractivity contribution is 8.23. The molecule has 0 aromatic carbocycles. The Morgan fingerprint density at radius 3 is 3.08 bits per heavy atom. The number of thioether (sulfide) groups is 1. The van der Waals surface area contributed by atoms with Gasteiger partial charge in [0.25, 0.3) is 0 Å². The van der Waals surface area contributed by atoms with E-state index in [4.69, 9.17) is 17.0 Å². The summed E-state index contributed by atoms with van der Waals surface area (Å²) in [5.41, 5.74) is 0. The molecule has 4 heteroatoms. The zero-order chi connectivity index (χ0) is 9.68. The van der Waals surface area contributed by atoms with E-state index in [0.717, 1.165) is 19.3 Å². The van der Waals surface area contributed by atoms with Gasteiger partial charge in [0.05, 0.1) is 11.9 Å². The van der Waals surface area contributed by atoms with E-state index in [9.17, 15) is 4.79 Å². The van der Waals surface area contributed by atoms with E-state index in [2.05, 4.69) is 0 Å². The average Bonchev–Trinajstić information content (AvgIpc) is 2.09. The second-order valence-corrected chi connectivity index (χ2v) is 4.81. The Morgan fingerprint density at radius 2 is 2.46 bits per heavy atom. The van der Waals surface area contributed by atoms with Gasteiger partial charge in [0.1, 0.15) is 5.78 Å². The molecule has 2 nitrogen and oxygen atoms in total. The fraction of sp³-hybridized carbons (Fsp3) is 0.778. The molecule has 1 aliphatic carbocycles. The van der Waals surface area contributed by atoms with E-state index in [1.807, 2.05) is 6.92 Å². The summed E-state index contributed by atoms with van der Waals surface area (Å²) >= 11 is 6.39. The van der Waals surface area contributed by atoms with Crippen LogP contribution in [0.3, 0.4) is 0 Å². The van der Waals surface area contributed by atoms with Crippen LogP contribution in [-0.4, -0.2) is 22.0 Å². The maximum Gasteiger partial charge on any atom is 0.220 e. The van der Waals surface area contributed by atoms with Crippen molar-refractivity contribution >= 4 is 34.1 Å². The number of Topliss-reactive ketones (excluding diaryl/α,β-unsaturated/α-hetero) is 1. The van der Waals surface area contributed by atoms with Gasteiger partial charge in [-0.1, -0.05) is 18.2 Å². The van der Waals surface area contributed by atoms with Gasteiger partial charge in [0, 0.05) is 6.42 Å². The Morgan fingerprint density at radius 1 is 1.69 bits per heavy atom. The third kappa shape index (κ3) is 3.65. The Hall–Kier alpha value is -0.0900. The van der Waals surface area contributed by atoms with Crippen molar-refractivity contribution < 1.29 is 9.53 Å². The molecule has 74 valence electrons. The van der Waals surface area contributed by atoms with Crippen molar-refractivity contribution in [3.05, 3.63) is 0 Å². The zero-order valence-corrected chi connectivity index (χ0v) is 9.38. The van der Waals surface area contributed by atoms with Gasteiger partial charge in [0.2, 0.25) is 4.38 Å². The third-order valence-electron chi connectivity index (χ3n) is 2.00. The summed E-state index contributed by atoms with van der Waals surface area (Å²) < 4.78 is 5.65. The number of ketones is 1. The quantitative estimate of drug-likeness (QED) is 0.665. The number of rotatable bonds is 2. The number of hydrogen-bond acceptors (Lipinski definition) is 4. The van der Waals surface area contributed by atoms with Crippen molar-refractivity contribution in [3.63, 3.8) is 0 Å². The molecule has 1 rings (SSSR count). The topological polar surface area (TPSA) is 26.3 Å². The largest absolute Gasteiger partial charge is 0.479 e. The van der Waals surface area contributed by atoms with Gasteiger partial charge in [0.15, 0.2) is 0 Å². The minimum Gasteiger partial charge on any atom is -0.479 e. The van der Waals surface area contributed by atoms with Crippen molar-refractivity contribution in [2.75, 3.05) is 6.61 Å². The first-order chi connectivity index (χ1) is 6.24. The molecule has 0 aromatic heterocycles. The number of carbonyl (C=O) groups is 1. The lowest BCUT2D eigenvalue weighted by atomic mass is 9.99. The van der Waals surface area contributed by atoms with Crippen molar-refractivity contribution in [1.82, 2.24) is 0 Å². The van der Waals surface area contributed by atoms with Crippen LogP contribution in [0.4, 0.5) is 0 Å². The van der Waals surface area contributed by atoms with Gasteiger partial charge in [-0.3, -0.25) is 4.79 Å². The van der Waals surface area contributed by atoms with Crippen LogP contribution in [-0.2, 0) is 9.53 Å². The molecule has 0 aliphatic heterocycles. The lowest BCUT2D eigenvalue weighted by molar-refractivity contribution is -0.119. The van der Waals surface area contributed by atoms with Gasteiger partial charge in [-0.2, -0.15) is 0 Å². The molecule has 13 heavy (non-hydrogen) atoms. The van der Waals surface area contributed by atoms with E-state index in [-0.39, 0.29) is 5.25 Å². The van der Waals surface area contributed by atoms with Gasteiger partial charge in [-0.05, 0) is 32.0 Å². The highest BCUT2D eigenvalue weighted by atomic mass is 32.2. The van der Waals surface area contributed by atoms with Crippen LogP contribution < -0.4 is 0 Å². The molecule has 1 aliphatic rings. The summed E-state index contributed by atoms with van der Waals surface area (Å²) in [5, 5.41) is 0.0628. The van der Waals surface area contributed by atoms with Gasteiger partial charge in [-0.25, -0.2) is 0 Å². The van der Waals surface area contributed by atoms with Gasteiger partial charge >= 0.3 is 0 Å². The summed E-state index contributed by atoms with van der Waals surface area (Å²) in [7, 11) is 0. The van der Waals surface area contributed by atoms with Crippen molar-refractivity contribution in [3.8, 4) is 0 Å². The van der Waals surface area contributed by atoms with E-state index >= 15 is 0 Å². The Bertz CT molecular complexity index is 204. The van der Waals surface area contributed by atoms with Crippen LogP contribution in [0.5, 0.6) is 0 Å². The van der Waals surface area contributed by atoms with Crippen LogP contribution in [0.25, 0.3) is 0 Å². The van der Waals surface area contributed by atoms with Gasteiger partial charge in [-0.15, -0.1) is 0 Å². The number of ether oxygens (including phenoxy) is 1. The average molecular weight is 218 g/mol. The maximum absolute atomic E-state index is 11.4. The second-order valence-electron chi connectivity index (χ2n) is 3.00. The molecule has 0 spiro atoms. The minimum absolute atomic E-state index is 0.0628. The summed E-state index contributed by atoms with van der Waals surface area (Å²) in [4.78, 5) is 11.4. The van der Waals surface area contributed by atoms with E-state index in [0.29, 0.717) is 23.2 Å². The molecular formula is C9H14O2S2. The Kier molecular flexibility index (Phi) is 4.73. The number of hydrogen-bond donors (Lipinski definition) is 0. The van der Waals surface area contributed by atoms with Gasteiger partial charge < -0.3 is 4.74 Å². The molecule has 0 amide bonds. The van der Waals surface area contributed by atoms with E-state index in [1.165, 1.54) is 11.8 Å². The predicted octanol–water partition coefficient (Wildman–Crippen LogP) is 2.55. The Labute approximate surface area is 88.4 Å². The molecule has 1 atom stereocenters. The molecule has 1 unspecified atom stereocenters. The summed E-state index contributed by atoms with van der Waals surface area (Å²) in [6.45, 7) is 2.49. The molecule has 0 heterocycles. The van der Waals surface area contributed by atoms with E-state index < -0.39 is 0 Å². The molecule has 0 saturated heterocycles. The first-order valence-corrected chi connectivity index (χ1v) is 5.89. The van der Waals surface area contributed by atoms with Crippen LogP contribution in [0.2, 0.25) is 0 Å². The van der Waals surface area contributed by atoms with Crippen LogP contribution >= 0.6 is 24.0 Å². The van der Waals surface area contributed by atoms with E-state index in [1.54, 1.807) is 0 Å². The Balaban J connectivity index is 2.33. The van der Waals surface area contributed by atoms with Crippen LogP contribution in [0, 0.1) is 0 Å². The molecule has 0 bridgehead atoms. The normalized spacial score (nSPS) is 22.8. The predicted molar refractivity (Wildman–Crippen MR) is 59.1 cm³/mol. The molecule has 0 radical (unpaired) electrons. The highest BCUT2D eigenvalue weighted by Gasteiger charge is 2.24. The summed E-state index contributed by atoms with van der Waals surface area (Å²) in [5.74, 6) is 0.332. The highest BCUT2D eigenvalue weighted by Crippen LogP contribution is 2.26. The zero-order valence-electron chi connectivity index (χ0n) is 7.75. The minimum atomic E-state index is 0.0628. The van der Waals surface area contributed by atoms with Crippen molar-refractivity contribution in [1.29, 1.82) is 0 Å². The standard InChI is InChI=1S/C9H14O2S2/c1-2-11-9(12)13-8-6-4-3-5-7(8)10/h8H,2-6H2,1H3.